The minimum absolute atomic E-state index is 0.0963. The first-order valence-electron chi connectivity index (χ1n) is 6.45. The molecule has 2 aromatic carbocycles. The van der Waals surface area contributed by atoms with Gasteiger partial charge in [0.25, 0.3) is 11.8 Å². The molecule has 5 heteroatoms. The molecule has 1 aromatic heterocycles. The van der Waals surface area contributed by atoms with Gasteiger partial charge >= 0.3 is 0 Å². The van der Waals surface area contributed by atoms with Crippen molar-refractivity contribution in [2.75, 3.05) is 4.90 Å². The van der Waals surface area contributed by atoms with Crippen LogP contribution in [-0.2, 0) is 0 Å². The quantitative estimate of drug-likeness (QED) is 0.640. The normalized spacial score (nSPS) is 13.8. The van der Waals surface area contributed by atoms with Crippen LogP contribution in [0, 0.1) is 0 Å². The average Bonchev–Trinajstić information content (AvgIpc) is 2.54. The van der Waals surface area contributed by atoms with Gasteiger partial charge in [0, 0.05) is 28.9 Å². The van der Waals surface area contributed by atoms with Gasteiger partial charge < -0.3 is 0 Å². The molecule has 0 atom stereocenters. The Balaban J connectivity index is 2.02. The first-order chi connectivity index (χ1) is 10.3. The smallest absolute Gasteiger partial charge is 0.268 e. The van der Waals surface area contributed by atoms with Crippen LogP contribution in [0.25, 0.3) is 10.8 Å². The number of amides is 2. The third-order valence-electron chi connectivity index (χ3n) is 3.52. The van der Waals surface area contributed by atoms with Gasteiger partial charge in [0.15, 0.2) is 0 Å². The van der Waals surface area contributed by atoms with Gasteiger partial charge in [0.2, 0.25) is 5.95 Å². The van der Waals surface area contributed by atoms with Crippen molar-refractivity contribution in [3.05, 3.63) is 66.0 Å². The molecule has 0 unspecified atom stereocenters. The third-order valence-corrected chi connectivity index (χ3v) is 3.52. The van der Waals surface area contributed by atoms with Crippen molar-refractivity contribution in [1.82, 2.24) is 9.97 Å². The lowest BCUT2D eigenvalue weighted by atomic mass is 9.94. The molecule has 0 radical (unpaired) electrons. The topological polar surface area (TPSA) is 63.2 Å². The minimum atomic E-state index is -0.393. The molecule has 2 heterocycles. The van der Waals surface area contributed by atoms with Crippen molar-refractivity contribution in [3.63, 3.8) is 0 Å². The molecule has 0 spiro atoms. The maximum atomic E-state index is 12.6. The number of carbonyl (C=O) groups excluding carboxylic acids is 2. The molecule has 0 saturated heterocycles. The summed E-state index contributed by atoms with van der Waals surface area (Å²) in [4.78, 5) is 34.3. The fourth-order valence-corrected chi connectivity index (χ4v) is 2.62. The first kappa shape index (κ1) is 11.7. The van der Waals surface area contributed by atoms with E-state index in [1.807, 2.05) is 12.1 Å². The fraction of sp³-hybridized carbons (Fsp3) is 0. The number of imide groups is 1. The van der Waals surface area contributed by atoms with E-state index in [9.17, 15) is 9.59 Å². The highest BCUT2D eigenvalue weighted by Gasteiger charge is 2.35. The molecule has 0 bridgehead atoms. The summed E-state index contributed by atoms with van der Waals surface area (Å²) in [5.41, 5.74) is 0.991. The van der Waals surface area contributed by atoms with Crippen molar-refractivity contribution in [1.29, 1.82) is 0 Å². The lowest BCUT2D eigenvalue weighted by Gasteiger charge is -2.25. The van der Waals surface area contributed by atoms with Gasteiger partial charge in [0.05, 0.1) is 0 Å². The van der Waals surface area contributed by atoms with Crippen molar-refractivity contribution >= 4 is 28.5 Å². The summed E-state index contributed by atoms with van der Waals surface area (Å²) in [5, 5.41) is 1.57. The Morgan fingerprint density at radius 1 is 0.762 bits per heavy atom. The number of hydrogen-bond donors (Lipinski definition) is 0. The lowest BCUT2D eigenvalue weighted by Crippen LogP contribution is -2.41. The van der Waals surface area contributed by atoms with E-state index in [4.69, 9.17) is 0 Å². The van der Waals surface area contributed by atoms with Gasteiger partial charge in [-0.05, 0) is 23.6 Å². The maximum Gasteiger partial charge on any atom is 0.268 e. The van der Waals surface area contributed by atoms with Crippen LogP contribution in [0.15, 0.2) is 54.9 Å². The average molecular weight is 275 g/mol. The maximum absolute atomic E-state index is 12.6. The largest absolute Gasteiger partial charge is 0.268 e. The molecule has 0 fully saturated rings. The molecule has 2 amide bonds. The van der Waals surface area contributed by atoms with E-state index < -0.39 is 11.8 Å². The molecule has 4 rings (SSSR count). The van der Waals surface area contributed by atoms with Gasteiger partial charge in [-0.3, -0.25) is 9.59 Å². The number of aromatic nitrogens is 2. The number of rotatable bonds is 1. The summed E-state index contributed by atoms with van der Waals surface area (Å²) in [6.45, 7) is 0. The molecule has 100 valence electrons. The fourth-order valence-electron chi connectivity index (χ4n) is 2.62. The van der Waals surface area contributed by atoms with E-state index >= 15 is 0 Å². The van der Waals surface area contributed by atoms with E-state index in [1.54, 1.807) is 30.3 Å². The molecular weight excluding hydrogens is 266 g/mol. The number of benzene rings is 2. The van der Waals surface area contributed by atoms with Gasteiger partial charge in [-0.25, -0.2) is 14.9 Å². The number of hydrogen-bond acceptors (Lipinski definition) is 4. The zero-order chi connectivity index (χ0) is 14.4. The van der Waals surface area contributed by atoms with Crippen LogP contribution >= 0.6 is 0 Å². The van der Waals surface area contributed by atoms with Crippen LogP contribution in [0.2, 0.25) is 0 Å². The highest BCUT2D eigenvalue weighted by Crippen LogP contribution is 2.31. The summed E-state index contributed by atoms with van der Waals surface area (Å²) < 4.78 is 0. The van der Waals surface area contributed by atoms with Gasteiger partial charge in [0.1, 0.15) is 0 Å². The number of anilines is 1. The Morgan fingerprint density at radius 2 is 1.33 bits per heavy atom. The molecular formula is C16H9N3O2. The molecule has 3 aromatic rings. The van der Waals surface area contributed by atoms with Crippen LogP contribution in [0.5, 0.6) is 0 Å². The summed E-state index contributed by atoms with van der Waals surface area (Å²) >= 11 is 0. The van der Waals surface area contributed by atoms with Crippen molar-refractivity contribution in [2.45, 2.75) is 0 Å². The summed E-state index contributed by atoms with van der Waals surface area (Å²) in [5.74, 6) is -0.690. The van der Waals surface area contributed by atoms with E-state index in [2.05, 4.69) is 9.97 Å². The second kappa shape index (κ2) is 4.21. The van der Waals surface area contributed by atoms with Crippen LogP contribution < -0.4 is 4.90 Å². The number of carbonyl (C=O) groups is 2. The van der Waals surface area contributed by atoms with Crippen molar-refractivity contribution in [3.8, 4) is 0 Å². The molecule has 21 heavy (non-hydrogen) atoms. The number of nitrogens with zero attached hydrogens (tertiary/aromatic N) is 3. The molecule has 1 aliphatic heterocycles. The monoisotopic (exact) mass is 275 g/mol. The Kier molecular flexibility index (Phi) is 2.35. The first-order valence-corrected chi connectivity index (χ1v) is 6.45. The zero-order valence-corrected chi connectivity index (χ0v) is 10.9. The summed E-state index contributed by atoms with van der Waals surface area (Å²) in [6, 6.07) is 12.5. The van der Waals surface area contributed by atoms with Crippen molar-refractivity contribution < 1.29 is 9.59 Å². The molecule has 1 aliphatic rings. The predicted octanol–water partition coefficient (Wildman–Crippen LogP) is 2.43. The predicted molar refractivity (Wildman–Crippen MR) is 77.1 cm³/mol. The van der Waals surface area contributed by atoms with Gasteiger partial charge in [-0.1, -0.05) is 24.3 Å². The minimum Gasteiger partial charge on any atom is -0.268 e. The Bertz CT molecular complexity index is 840. The van der Waals surface area contributed by atoms with Crippen LogP contribution in [0.4, 0.5) is 5.95 Å². The Hall–Kier alpha value is -3.08. The third kappa shape index (κ3) is 1.57. The Morgan fingerprint density at radius 3 is 1.90 bits per heavy atom. The van der Waals surface area contributed by atoms with Gasteiger partial charge in [-0.15, -0.1) is 0 Å². The standard InChI is InChI=1S/C16H9N3O2/c20-14-11-6-1-4-10-5-2-7-12(13(10)11)15(21)19(14)16-17-8-3-9-18-16/h1-9H. The van der Waals surface area contributed by atoms with E-state index in [0.717, 1.165) is 10.3 Å². The second-order valence-corrected chi connectivity index (χ2v) is 4.70. The van der Waals surface area contributed by atoms with Crippen LogP contribution in [-0.4, -0.2) is 21.8 Å². The van der Waals surface area contributed by atoms with E-state index in [-0.39, 0.29) is 5.95 Å². The van der Waals surface area contributed by atoms with Gasteiger partial charge in [-0.2, -0.15) is 0 Å². The van der Waals surface area contributed by atoms with Crippen molar-refractivity contribution in [2.24, 2.45) is 0 Å². The summed E-state index contributed by atoms with van der Waals surface area (Å²) in [6.07, 6.45) is 3.01. The summed E-state index contributed by atoms with van der Waals surface area (Å²) in [7, 11) is 0. The van der Waals surface area contributed by atoms with Crippen LogP contribution in [0.3, 0.4) is 0 Å². The second-order valence-electron chi connectivity index (χ2n) is 4.70. The molecule has 0 N–H and O–H groups in total. The highest BCUT2D eigenvalue weighted by atomic mass is 16.2. The molecule has 5 nitrogen and oxygen atoms in total. The van der Waals surface area contributed by atoms with Crippen LogP contribution in [0.1, 0.15) is 20.7 Å². The molecule has 0 saturated carbocycles. The zero-order valence-electron chi connectivity index (χ0n) is 10.9. The highest BCUT2D eigenvalue weighted by molar-refractivity contribution is 6.35. The van der Waals surface area contributed by atoms with E-state index in [1.165, 1.54) is 12.4 Å². The SMILES string of the molecule is O=C1c2cccc3cccc(c23)C(=O)N1c1ncccn1. The molecule has 0 aliphatic carbocycles. The Labute approximate surface area is 119 Å². The lowest BCUT2D eigenvalue weighted by molar-refractivity contribution is 0.0891. The van der Waals surface area contributed by atoms with E-state index in [0.29, 0.717) is 16.5 Å².